The van der Waals surface area contributed by atoms with Crippen LogP contribution in [0.15, 0.2) is 41.4 Å². The first kappa shape index (κ1) is 16.7. The Bertz CT molecular complexity index is 884. The van der Waals surface area contributed by atoms with Crippen LogP contribution in [0, 0.1) is 6.92 Å². The molecule has 0 N–H and O–H groups in total. The van der Waals surface area contributed by atoms with Gasteiger partial charge in [0, 0.05) is 26.3 Å². The number of hydrogen-bond donors (Lipinski definition) is 0. The van der Waals surface area contributed by atoms with Gasteiger partial charge in [-0.1, -0.05) is 6.08 Å². The maximum absolute atomic E-state index is 12.9. The Kier molecular flexibility index (Phi) is 4.47. The van der Waals surface area contributed by atoms with E-state index in [4.69, 9.17) is 4.74 Å². The fourth-order valence-corrected chi connectivity index (χ4v) is 4.28. The highest BCUT2D eigenvalue weighted by Gasteiger charge is 2.29. The minimum Gasteiger partial charge on any atom is -0.494 e. The zero-order valence-corrected chi connectivity index (χ0v) is 14.9. The van der Waals surface area contributed by atoms with Gasteiger partial charge < -0.3 is 4.74 Å². The van der Waals surface area contributed by atoms with E-state index in [2.05, 4.69) is 5.10 Å². The number of rotatable bonds is 5. The van der Waals surface area contributed by atoms with Gasteiger partial charge in [0.05, 0.1) is 17.2 Å². The molecule has 1 aromatic heterocycles. The molecule has 2 heterocycles. The normalized spacial score (nSPS) is 15.5. The van der Waals surface area contributed by atoms with Crippen LogP contribution in [0.5, 0.6) is 5.75 Å². The number of aromatic nitrogens is 2. The Balaban J connectivity index is 1.83. The third-order valence-corrected chi connectivity index (χ3v) is 5.93. The van der Waals surface area contributed by atoms with E-state index in [9.17, 15) is 8.42 Å². The summed E-state index contributed by atoms with van der Waals surface area (Å²) in [6.45, 7) is 5.04. The smallest absolute Gasteiger partial charge is 0.243 e. The summed E-state index contributed by atoms with van der Waals surface area (Å²) in [6.07, 6.45) is 3.65. The van der Waals surface area contributed by atoms with Crippen molar-refractivity contribution in [1.29, 1.82) is 0 Å². The quantitative estimate of drug-likeness (QED) is 0.832. The third kappa shape index (κ3) is 2.97. The van der Waals surface area contributed by atoms with Gasteiger partial charge in [-0.3, -0.25) is 4.68 Å². The van der Waals surface area contributed by atoms with Gasteiger partial charge in [0.25, 0.3) is 0 Å². The summed E-state index contributed by atoms with van der Waals surface area (Å²) in [5.41, 5.74) is 2.73. The fraction of sp³-hybridized carbons (Fsp3) is 0.353. The number of aryl methyl sites for hydroxylation is 2. The second-order valence-corrected chi connectivity index (χ2v) is 7.67. The van der Waals surface area contributed by atoms with Crippen LogP contribution >= 0.6 is 0 Å². The highest BCUT2D eigenvalue weighted by atomic mass is 32.2. The summed E-state index contributed by atoms with van der Waals surface area (Å²) in [5, 5.41) is 4.14. The van der Waals surface area contributed by atoms with Crippen molar-refractivity contribution < 1.29 is 13.2 Å². The van der Waals surface area contributed by atoms with Crippen LogP contribution in [0.1, 0.15) is 18.2 Å². The van der Waals surface area contributed by atoms with Gasteiger partial charge in [-0.15, -0.1) is 0 Å². The number of benzene rings is 1. The molecule has 6 nitrogen and oxygen atoms in total. The topological polar surface area (TPSA) is 64.4 Å². The minimum absolute atomic E-state index is 0.295. The zero-order chi connectivity index (χ0) is 17.3. The molecule has 0 spiro atoms. The molecule has 0 amide bonds. The van der Waals surface area contributed by atoms with Crippen molar-refractivity contribution in [3.05, 3.63) is 47.8 Å². The molecule has 0 unspecified atom stereocenters. The lowest BCUT2D eigenvalue weighted by Gasteiger charge is -2.18. The van der Waals surface area contributed by atoms with Gasteiger partial charge in [-0.2, -0.15) is 9.40 Å². The van der Waals surface area contributed by atoms with Crippen molar-refractivity contribution in [2.75, 3.05) is 19.7 Å². The molecule has 0 bridgehead atoms. The van der Waals surface area contributed by atoms with Crippen LogP contribution in [-0.4, -0.2) is 42.2 Å². The molecule has 1 aliphatic heterocycles. The lowest BCUT2D eigenvalue weighted by molar-refractivity contribution is 0.337. The Morgan fingerprint density at radius 3 is 2.71 bits per heavy atom. The summed E-state index contributed by atoms with van der Waals surface area (Å²) in [4.78, 5) is 0.295. The van der Waals surface area contributed by atoms with E-state index < -0.39 is 10.0 Å². The highest BCUT2D eigenvalue weighted by Crippen LogP contribution is 2.28. The maximum atomic E-state index is 12.9. The van der Waals surface area contributed by atoms with Crippen molar-refractivity contribution >= 4 is 15.6 Å². The molecule has 2 aromatic rings. The molecule has 24 heavy (non-hydrogen) atoms. The van der Waals surface area contributed by atoms with Gasteiger partial charge in [-0.05, 0) is 49.2 Å². The van der Waals surface area contributed by atoms with Crippen LogP contribution in [0.2, 0.25) is 0 Å². The molecule has 0 radical (unpaired) electrons. The van der Waals surface area contributed by atoms with Crippen LogP contribution in [0.3, 0.4) is 0 Å². The molecule has 0 saturated heterocycles. The summed E-state index contributed by atoms with van der Waals surface area (Å²) in [6, 6.07) is 6.89. The Morgan fingerprint density at radius 1 is 1.29 bits per heavy atom. The highest BCUT2D eigenvalue weighted by molar-refractivity contribution is 7.89. The van der Waals surface area contributed by atoms with Gasteiger partial charge in [0.1, 0.15) is 5.75 Å². The van der Waals surface area contributed by atoms with Crippen LogP contribution in [0.4, 0.5) is 0 Å². The molecule has 0 aliphatic carbocycles. The van der Waals surface area contributed by atoms with Crippen molar-refractivity contribution in [3.63, 3.8) is 0 Å². The second-order valence-electron chi connectivity index (χ2n) is 5.73. The molecule has 3 rings (SSSR count). The lowest BCUT2D eigenvalue weighted by Crippen LogP contribution is -2.29. The summed E-state index contributed by atoms with van der Waals surface area (Å²) < 4.78 is 34.5. The summed E-state index contributed by atoms with van der Waals surface area (Å²) in [7, 11) is -1.68. The SMILES string of the molecule is CCOc1ccc(S(=O)(=O)N2CC=C(c3ccnn3C)C2)cc1C. The van der Waals surface area contributed by atoms with Crippen molar-refractivity contribution in [1.82, 2.24) is 14.1 Å². The van der Waals surface area contributed by atoms with E-state index in [1.54, 1.807) is 29.1 Å². The van der Waals surface area contributed by atoms with Crippen LogP contribution in [-0.2, 0) is 17.1 Å². The van der Waals surface area contributed by atoms with Crippen LogP contribution < -0.4 is 4.74 Å². The van der Waals surface area contributed by atoms with E-state index in [-0.39, 0.29) is 0 Å². The predicted octanol–water partition coefficient (Wildman–Crippen LogP) is 2.22. The van der Waals surface area contributed by atoms with Crippen LogP contribution in [0.25, 0.3) is 5.57 Å². The van der Waals surface area contributed by atoms with Crippen molar-refractivity contribution in [3.8, 4) is 5.75 Å². The second kappa shape index (κ2) is 6.41. The number of sulfonamides is 1. The average Bonchev–Trinajstić information content (AvgIpc) is 3.18. The lowest BCUT2D eigenvalue weighted by atomic mass is 10.2. The predicted molar refractivity (Wildman–Crippen MR) is 92.3 cm³/mol. The summed E-state index contributed by atoms with van der Waals surface area (Å²) >= 11 is 0. The monoisotopic (exact) mass is 347 g/mol. The molecule has 0 atom stereocenters. The molecular formula is C17H21N3O3S. The fourth-order valence-electron chi connectivity index (χ4n) is 2.84. The molecule has 1 aromatic carbocycles. The average molecular weight is 347 g/mol. The first-order valence-electron chi connectivity index (χ1n) is 7.84. The van der Waals surface area contributed by atoms with E-state index in [1.165, 1.54) is 4.31 Å². The molecule has 1 aliphatic rings. The van der Waals surface area contributed by atoms with E-state index in [1.807, 2.05) is 33.0 Å². The Hall–Kier alpha value is -2.12. The standard InChI is InChI=1S/C17H21N3O3S/c1-4-23-17-6-5-15(11-13(17)2)24(21,22)20-10-8-14(12-20)16-7-9-18-19(16)3/h5-9,11H,4,10,12H2,1-3H3. The minimum atomic E-state index is -3.53. The first-order chi connectivity index (χ1) is 11.4. The molecular weight excluding hydrogens is 326 g/mol. The van der Waals surface area contributed by atoms with Crippen molar-refractivity contribution in [2.24, 2.45) is 7.05 Å². The van der Waals surface area contributed by atoms with Crippen molar-refractivity contribution in [2.45, 2.75) is 18.7 Å². The third-order valence-electron chi connectivity index (χ3n) is 4.12. The van der Waals surface area contributed by atoms with Gasteiger partial charge >= 0.3 is 0 Å². The van der Waals surface area contributed by atoms with E-state index >= 15 is 0 Å². The Morgan fingerprint density at radius 2 is 2.08 bits per heavy atom. The maximum Gasteiger partial charge on any atom is 0.243 e. The van der Waals surface area contributed by atoms with E-state index in [0.717, 1.165) is 16.8 Å². The zero-order valence-electron chi connectivity index (χ0n) is 14.1. The van der Waals surface area contributed by atoms with Gasteiger partial charge in [-0.25, -0.2) is 8.42 Å². The molecule has 0 saturated carbocycles. The van der Waals surface area contributed by atoms with Gasteiger partial charge in [0.15, 0.2) is 0 Å². The summed E-state index contributed by atoms with van der Waals surface area (Å²) in [5.74, 6) is 0.714. The number of ether oxygens (including phenoxy) is 1. The van der Waals surface area contributed by atoms with Gasteiger partial charge in [0.2, 0.25) is 10.0 Å². The first-order valence-corrected chi connectivity index (χ1v) is 9.28. The Labute approximate surface area is 142 Å². The molecule has 7 heteroatoms. The molecule has 0 fully saturated rings. The molecule has 128 valence electrons. The number of nitrogens with zero attached hydrogens (tertiary/aromatic N) is 3. The largest absolute Gasteiger partial charge is 0.494 e. The van der Waals surface area contributed by atoms with E-state index in [0.29, 0.717) is 30.3 Å². The number of hydrogen-bond acceptors (Lipinski definition) is 4.